The Morgan fingerprint density at radius 3 is 1.73 bits per heavy atom. The van der Waals surface area contributed by atoms with Gasteiger partial charge in [-0.25, -0.2) is 0 Å². The van der Waals surface area contributed by atoms with Gasteiger partial charge >= 0.3 is 0 Å². The number of aromatic nitrogens is 3. The number of benzene rings is 2. The standard InChI is InChI=1S/C19H22N6S/c1-26-14-8-13-20-17-23-18(21-15-9-4-2-5-10-15)25-19(24-17)22-16-11-6-3-7-12-16/h2-7,9-12H,8,13-14H2,1H3,(H3,20,21,22,23,24,25). The van der Waals surface area contributed by atoms with E-state index in [0.717, 1.165) is 30.1 Å². The third-order valence-corrected chi connectivity index (χ3v) is 4.20. The third kappa shape index (κ3) is 5.63. The molecule has 26 heavy (non-hydrogen) atoms. The molecule has 2 aromatic carbocycles. The van der Waals surface area contributed by atoms with Gasteiger partial charge in [-0.1, -0.05) is 36.4 Å². The summed E-state index contributed by atoms with van der Waals surface area (Å²) in [6.45, 7) is 0.820. The topological polar surface area (TPSA) is 74.8 Å². The van der Waals surface area contributed by atoms with Crippen molar-refractivity contribution < 1.29 is 0 Å². The van der Waals surface area contributed by atoms with Crippen LogP contribution in [-0.2, 0) is 0 Å². The van der Waals surface area contributed by atoms with Crippen LogP contribution in [0, 0.1) is 0 Å². The number of hydrogen-bond acceptors (Lipinski definition) is 7. The lowest BCUT2D eigenvalue weighted by Crippen LogP contribution is -2.11. The molecule has 7 heteroatoms. The first-order valence-electron chi connectivity index (χ1n) is 8.46. The fourth-order valence-corrected chi connectivity index (χ4v) is 2.72. The molecule has 0 bridgehead atoms. The number of nitrogens with one attached hydrogen (secondary N) is 3. The summed E-state index contributed by atoms with van der Waals surface area (Å²) in [5, 5.41) is 9.73. The second-order valence-electron chi connectivity index (χ2n) is 5.56. The highest BCUT2D eigenvalue weighted by molar-refractivity contribution is 7.98. The average Bonchev–Trinajstić information content (AvgIpc) is 2.67. The highest BCUT2D eigenvalue weighted by atomic mass is 32.2. The molecule has 3 N–H and O–H groups in total. The Labute approximate surface area is 157 Å². The van der Waals surface area contributed by atoms with Crippen molar-refractivity contribution in [2.24, 2.45) is 0 Å². The lowest BCUT2D eigenvalue weighted by atomic mass is 10.3. The van der Waals surface area contributed by atoms with Crippen molar-refractivity contribution in [2.45, 2.75) is 6.42 Å². The number of thioether (sulfide) groups is 1. The van der Waals surface area contributed by atoms with E-state index in [1.165, 1.54) is 0 Å². The van der Waals surface area contributed by atoms with Crippen molar-refractivity contribution in [3.63, 3.8) is 0 Å². The lowest BCUT2D eigenvalue weighted by Gasteiger charge is -2.11. The van der Waals surface area contributed by atoms with Crippen LogP contribution in [0.4, 0.5) is 29.2 Å². The summed E-state index contributed by atoms with van der Waals surface area (Å²) in [5.74, 6) is 2.65. The zero-order valence-electron chi connectivity index (χ0n) is 14.6. The maximum atomic E-state index is 4.48. The van der Waals surface area contributed by atoms with E-state index in [9.17, 15) is 0 Å². The van der Waals surface area contributed by atoms with Gasteiger partial charge in [-0.15, -0.1) is 0 Å². The fourth-order valence-electron chi connectivity index (χ4n) is 2.28. The first-order valence-corrected chi connectivity index (χ1v) is 9.86. The summed E-state index contributed by atoms with van der Waals surface area (Å²) in [5.41, 5.74) is 1.86. The number of rotatable bonds is 9. The second-order valence-corrected chi connectivity index (χ2v) is 6.55. The molecule has 3 rings (SSSR count). The van der Waals surface area contributed by atoms with Crippen LogP contribution in [0.3, 0.4) is 0 Å². The largest absolute Gasteiger partial charge is 0.354 e. The number of nitrogens with zero attached hydrogens (tertiary/aromatic N) is 3. The van der Waals surface area contributed by atoms with Gasteiger partial charge in [0.25, 0.3) is 0 Å². The van der Waals surface area contributed by atoms with E-state index in [2.05, 4.69) is 37.2 Å². The summed E-state index contributed by atoms with van der Waals surface area (Å²) in [6, 6.07) is 19.7. The van der Waals surface area contributed by atoms with E-state index in [0.29, 0.717) is 17.8 Å². The molecule has 0 aliphatic heterocycles. The zero-order valence-corrected chi connectivity index (χ0v) is 15.5. The van der Waals surface area contributed by atoms with Crippen LogP contribution in [0.1, 0.15) is 6.42 Å². The normalized spacial score (nSPS) is 10.3. The van der Waals surface area contributed by atoms with Crippen molar-refractivity contribution in [3.05, 3.63) is 60.7 Å². The van der Waals surface area contributed by atoms with E-state index in [-0.39, 0.29) is 0 Å². The first-order chi connectivity index (χ1) is 12.8. The molecule has 0 amide bonds. The number of anilines is 5. The Balaban J connectivity index is 1.78. The Morgan fingerprint density at radius 1 is 0.731 bits per heavy atom. The number of para-hydroxylation sites is 2. The smallest absolute Gasteiger partial charge is 0.233 e. The van der Waals surface area contributed by atoms with Crippen molar-refractivity contribution in [1.29, 1.82) is 0 Å². The molecule has 0 spiro atoms. The highest BCUT2D eigenvalue weighted by Gasteiger charge is 2.07. The molecule has 0 saturated heterocycles. The molecule has 1 aromatic heterocycles. The summed E-state index contributed by atoms with van der Waals surface area (Å²) in [6.07, 6.45) is 3.16. The summed E-state index contributed by atoms with van der Waals surface area (Å²) >= 11 is 1.83. The molecule has 0 aliphatic rings. The summed E-state index contributed by atoms with van der Waals surface area (Å²) in [4.78, 5) is 13.4. The zero-order chi connectivity index (χ0) is 18.0. The Kier molecular flexibility index (Phi) is 6.66. The van der Waals surface area contributed by atoms with Crippen molar-refractivity contribution in [1.82, 2.24) is 15.0 Å². The monoisotopic (exact) mass is 366 g/mol. The van der Waals surface area contributed by atoms with Crippen molar-refractivity contribution in [2.75, 3.05) is 34.5 Å². The van der Waals surface area contributed by atoms with Gasteiger partial charge in [0.05, 0.1) is 0 Å². The fraction of sp³-hybridized carbons (Fsp3) is 0.211. The van der Waals surface area contributed by atoms with Gasteiger partial charge in [-0.3, -0.25) is 0 Å². The van der Waals surface area contributed by atoms with Crippen molar-refractivity contribution >= 4 is 41.0 Å². The Bertz CT molecular complexity index is 738. The molecule has 0 radical (unpaired) electrons. The third-order valence-electron chi connectivity index (χ3n) is 3.50. The van der Waals surface area contributed by atoms with Gasteiger partial charge < -0.3 is 16.0 Å². The second kappa shape index (κ2) is 9.62. The molecular weight excluding hydrogens is 344 g/mol. The van der Waals surface area contributed by atoms with Crippen LogP contribution in [0.25, 0.3) is 0 Å². The van der Waals surface area contributed by atoms with Gasteiger partial charge in [0.2, 0.25) is 17.8 Å². The van der Waals surface area contributed by atoms with Gasteiger partial charge in [0, 0.05) is 17.9 Å². The van der Waals surface area contributed by atoms with Crippen LogP contribution < -0.4 is 16.0 Å². The molecule has 0 saturated carbocycles. The SMILES string of the molecule is CSCCCNc1nc(Nc2ccccc2)nc(Nc2ccccc2)n1. The molecule has 1 heterocycles. The summed E-state index contributed by atoms with van der Waals surface area (Å²) in [7, 11) is 0. The van der Waals surface area contributed by atoms with Crippen LogP contribution >= 0.6 is 11.8 Å². The minimum Gasteiger partial charge on any atom is -0.354 e. The minimum absolute atomic E-state index is 0.497. The molecule has 6 nitrogen and oxygen atoms in total. The van der Waals surface area contributed by atoms with E-state index >= 15 is 0 Å². The predicted octanol–water partition coefficient (Wildman–Crippen LogP) is 4.52. The molecular formula is C19H22N6S. The Hall–Kier alpha value is -2.80. The van der Waals surface area contributed by atoms with Gasteiger partial charge in [0.15, 0.2) is 0 Å². The maximum absolute atomic E-state index is 4.48. The van der Waals surface area contributed by atoms with Gasteiger partial charge in [0.1, 0.15) is 0 Å². The Morgan fingerprint density at radius 2 is 1.23 bits per heavy atom. The number of hydrogen-bond donors (Lipinski definition) is 3. The van der Waals surface area contributed by atoms with Gasteiger partial charge in [-0.05, 0) is 42.7 Å². The molecule has 0 fully saturated rings. The molecule has 0 aliphatic carbocycles. The van der Waals surface area contributed by atoms with Crippen LogP contribution in [-0.4, -0.2) is 33.5 Å². The average molecular weight is 366 g/mol. The van der Waals surface area contributed by atoms with E-state index in [1.54, 1.807) is 0 Å². The molecule has 0 unspecified atom stereocenters. The predicted molar refractivity (Wildman–Crippen MR) is 111 cm³/mol. The van der Waals surface area contributed by atoms with Crippen LogP contribution in [0.15, 0.2) is 60.7 Å². The van der Waals surface area contributed by atoms with Gasteiger partial charge in [-0.2, -0.15) is 26.7 Å². The molecule has 134 valence electrons. The molecule has 3 aromatic rings. The lowest BCUT2D eigenvalue weighted by molar-refractivity contribution is 0.952. The van der Waals surface area contributed by atoms with Crippen molar-refractivity contribution in [3.8, 4) is 0 Å². The minimum atomic E-state index is 0.497. The van der Waals surface area contributed by atoms with Crippen LogP contribution in [0.5, 0.6) is 0 Å². The van der Waals surface area contributed by atoms with E-state index in [4.69, 9.17) is 0 Å². The van der Waals surface area contributed by atoms with E-state index < -0.39 is 0 Å². The maximum Gasteiger partial charge on any atom is 0.233 e. The highest BCUT2D eigenvalue weighted by Crippen LogP contribution is 2.18. The quantitative estimate of drug-likeness (QED) is 0.481. The molecule has 0 atom stereocenters. The van der Waals surface area contributed by atoms with E-state index in [1.807, 2.05) is 72.4 Å². The summed E-state index contributed by atoms with van der Waals surface area (Å²) < 4.78 is 0. The van der Waals surface area contributed by atoms with Crippen LogP contribution in [0.2, 0.25) is 0 Å². The first kappa shape index (κ1) is 18.0.